The lowest BCUT2D eigenvalue weighted by atomic mass is 10.2. The van der Waals surface area contributed by atoms with Gasteiger partial charge in [0.2, 0.25) is 0 Å². The number of nitrogens with zero attached hydrogens (tertiary/aromatic N) is 3. The topological polar surface area (TPSA) is 81.9 Å². The van der Waals surface area contributed by atoms with Gasteiger partial charge in [-0.2, -0.15) is 18.2 Å². The number of rotatable bonds is 4. The predicted molar refractivity (Wildman–Crippen MR) is 113 cm³/mol. The summed E-state index contributed by atoms with van der Waals surface area (Å²) in [6.45, 7) is 0.0734. The molecule has 2 heterocycles. The van der Waals surface area contributed by atoms with Crippen LogP contribution >= 0.6 is 23.2 Å². The molecule has 0 radical (unpaired) electrons. The van der Waals surface area contributed by atoms with Crippen LogP contribution in [0.5, 0.6) is 11.8 Å². The molecule has 0 amide bonds. The molecule has 0 saturated carbocycles. The highest BCUT2D eigenvalue weighted by atomic mass is 35.5. The van der Waals surface area contributed by atoms with Crippen molar-refractivity contribution >= 4 is 34.4 Å². The van der Waals surface area contributed by atoms with Gasteiger partial charge in [-0.25, -0.2) is 4.79 Å². The van der Waals surface area contributed by atoms with E-state index in [9.17, 15) is 22.8 Å². The smallest absolute Gasteiger partial charge is 0.417 e. The van der Waals surface area contributed by atoms with Crippen molar-refractivity contribution in [1.29, 1.82) is 0 Å². The molecule has 2 aromatic carbocycles. The van der Waals surface area contributed by atoms with Gasteiger partial charge in [0.15, 0.2) is 11.2 Å². The first-order valence-electron chi connectivity index (χ1n) is 9.03. The van der Waals surface area contributed by atoms with Crippen LogP contribution < -0.4 is 16.0 Å². The van der Waals surface area contributed by atoms with E-state index in [1.54, 1.807) is 24.3 Å². The Morgan fingerprint density at radius 3 is 2.44 bits per heavy atom. The Hall–Kier alpha value is -3.24. The van der Waals surface area contributed by atoms with E-state index in [4.69, 9.17) is 27.9 Å². The zero-order valence-corrected chi connectivity index (χ0v) is 17.7. The number of nitrogens with one attached hydrogen (secondary N) is 1. The van der Waals surface area contributed by atoms with Crippen molar-refractivity contribution in [3.8, 4) is 11.8 Å². The number of ether oxygens (including phenoxy) is 1. The van der Waals surface area contributed by atoms with Gasteiger partial charge >= 0.3 is 17.9 Å². The minimum Gasteiger partial charge on any atom is -0.425 e. The van der Waals surface area contributed by atoms with Gasteiger partial charge in [0, 0.05) is 12.1 Å². The summed E-state index contributed by atoms with van der Waals surface area (Å²) in [4.78, 5) is 30.9. The maximum absolute atomic E-state index is 13.2. The summed E-state index contributed by atoms with van der Waals surface area (Å²) in [5, 5.41) is 0.0140. The van der Waals surface area contributed by atoms with E-state index in [2.05, 4.69) is 9.97 Å². The first-order chi connectivity index (χ1) is 15.0. The third-order valence-electron chi connectivity index (χ3n) is 4.68. The van der Waals surface area contributed by atoms with Crippen LogP contribution in [0, 0.1) is 0 Å². The van der Waals surface area contributed by atoms with Crippen molar-refractivity contribution in [2.75, 3.05) is 0 Å². The van der Waals surface area contributed by atoms with Crippen LogP contribution in [0.15, 0.2) is 52.1 Å². The second kappa shape index (κ2) is 8.03. The fourth-order valence-electron chi connectivity index (χ4n) is 3.10. The van der Waals surface area contributed by atoms with Gasteiger partial charge in [-0.3, -0.25) is 18.9 Å². The van der Waals surface area contributed by atoms with Gasteiger partial charge < -0.3 is 4.74 Å². The Morgan fingerprint density at radius 1 is 1.09 bits per heavy atom. The molecule has 0 atom stereocenters. The number of halogens is 5. The fourth-order valence-corrected chi connectivity index (χ4v) is 3.45. The normalized spacial score (nSPS) is 11.8. The van der Waals surface area contributed by atoms with E-state index < -0.39 is 28.0 Å². The van der Waals surface area contributed by atoms with Crippen LogP contribution in [-0.4, -0.2) is 19.1 Å². The first-order valence-corrected chi connectivity index (χ1v) is 9.79. The van der Waals surface area contributed by atoms with Crippen molar-refractivity contribution in [3.05, 3.63) is 84.5 Å². The van der Waals surface area contributed by atoms with E-state index in [1.807, 2.05) is 0 Å². The summed E-state index contributed by atoms with van der Waals surface area (Å²) in [6, 6.07) is 9.54. The summed E-state index contributed by atoms with van der Waals surface area (Å²) in [5.41, 5.74) is -1.77. The molecular weight excluding hydrogens is 472 g/mol. The molecule has 0 fully saturated rings. The standard InChI is InChI=1S/C20H13Cl2F3N4O3/c1-28-16-15(17(30)27-18(28)31)29(9-10-2-4-11(21)5-3-10)19(26-16)32-12-6-7-14(22)13(8-12)20(23,24)25/h2-8H,9H2,1H3,(H,27,30,31). The number of aromatic nitrogens is 4. The van der Waals surface area contributed by atoms with Crippen LogP contribution in [0.25, 0.3) is 11.2 Å². The number of aryl methyl sites for hydroxylation is 1. The van der Waals surface area contributed by atoms with Gasteiger partial charge in [-0.1, -0.05) is 35.3 Å². The third kappa shape index (κ3) is 4.11. The molecule has 0 aliphatic carbocycles. The lowest BCUT2D eigenvalue weighted by molar-refractivity contribution is -0.137. The number of imidazole rings is 1. The van der Waals surface area contributed by atoms with Gasteiger partial charge in [0.1, 0.15) is 5.75 Å². The van der Waals surface area contributed by atoms with Gasteiger partial charge in [-0.15, -0.1) is 0 Å². The van der Waals surface area contributed by atoms with Crippen molar-refractivity contribution in [2.24, 2.45) is 7.05 Å². The van der Waals surface area contributed by atoms with Gasteiger partial charge in [0.05, 0.1) is 17.1 Å². The van der Waals surface area contributed by atoms with Crippen molar-refractivity contribution in [1.82, 2.24) is 19.1 Å². The highest BCUT2D eigenvalue weighted by molar-refractivity contribution is 6.31. The minimum atomic E-state index is -4.69. The Balaban J connectivity index is 1.88. The number of fused-ring (bicyclic) bond motifs is 1. The Kier molecular flexibility index (Phi) is 5.51. The highest BCUT2D eigenvalue weighted by Crippen LogP contribution is 2.37. The molecule has 0 unspecified atom stereocenters. The van der Waals surface area contributed by atoms with E-state index in [0.717, 1.165) is 16.7 Å². The minimum absolute atomic E-state index is 0.00715. The maximum Gasteiger partial charge on any atom is 0.417 e. The third-order valence-corrected chi connectivity index (χ3v) is 5.26. The van der Waals surface area contributed by atoms with Gasteiger partial charge in [0.25, 0.3) is 5.56 Å². The molecule has 1 N–H and O–H groups in total. The van der Waals surface area contributed by atoms with Crippen molar-refractivity contribution < 1.29 is 17.9 Å². The molecule has 32 heavy (non-hydrogen) atoms. The summed E-state index contributed by atoms with van der Waals surface area (Å²) in [7, 11) is 1.40. The zero-order valence-electron chi connectivity index (χ0n) is 16.2. The quantitative estimate of drug-likeness (QED) is 0.459. The number of hydrogen-bond acceptors (Lipinski definition) is 4. The number of hydrogen-bond donors (Lipinski definition) is 1. The molecule has 4 rings (SSSR count). The van der Waals surface area contributed by atoms with Crippen LogP contribution in [0.1, 0.15) is 11.1 Å². The molecular formula is C20H13Cl2F3N4O3. The summed E-state index contributed by atoms with van der Waals surface area (Å²) >= 11 is 11.6. The van der Waals surface area contributed by atoms with Crippen LogP contribution in [0.4, 0.5) is 13.2 Å². The van der Waals surface area contributed by atoms with E-state index in [-0.39, 0.29) is 29.5 Å². The molecule has 166 valence electrons. The molecule has 0 spiro atoms. The molecule has 7 nitrogen and oxygen atoms in total. The SMILES string of the molecule is Cn1c(=O)[nH]c(=O)c2c1nc(Oc1ccc(Cl)c(C(F)(F)F)c1)n2Cc1ccc(Cl)cc1. The molecule has 4 aromatic rings. The van der Waals surface area contributed by atoms with Crippen LogP contribution in [0.3, 0.4) is 0 Å². The number of alkyl halides is 3. The molecule has 0 aliphatic rings. The second-order valence-corrected chi connectivity index (χ2v) is 7.68. The van der Waals surface area contributed by atoms with Crippen LogP contribution in [-0.2, 0) is 19.8 Å². The largest absolute Gasteiger partial charge is 0.425 e. The average molecular weight is 485 g/mol. The summed E-state index contributed by atoms with van der Waals surface area (Å²) in [5.74, 6) is -0.198. The molecule has 0 saturated heterocycles. The molecule has 0 aliphatic heterocycles. The Bertz CT molecular complexity index is 1440. The second-order valence-electron chi connectivity index (χ2n) is 6.84. The molecule has 12 heteroatoms. The summed E-state index contributed by atoms with van der Waals surface area (Å²) < 4.78 is 47.8. The van der Waals surface area contributed by atoms with Crippen molar-refractivity contribution in [2.45, 2.75) is 12.7 Å². The zero-order chi connectivity index (χ0) is 23.2. The monoisotopic (exact) mass is 484 g/mol. The van der Waals surface area contributed by atoms with Gasteiger partial charge in [-0.05, 0) is 35.9 Å². The fraction of sp³-hybridized carbons (Fsp3) is 0.150. The van der Waals surface area contributed by atoms with E-state index in [1.165, 1.54) is 17.7 Å². The maximum atomic E-state index is 13.2. The Morgan fingerprint density at radius 2 is 1.78 bits per heavy atom. The van der Waals surface area contributed by atoms with Crippen molar-refractivity contribution in [3.63, 3.8) is 0 Å². The Labute approximate surface area is 187 Å². The number of aromatic amines is 1. The number of H-pyrrole nitrogens is 1. The number of benzene rings is 2. The first kappa shape index (κ1) is 22.0. The average Bonchev–Trinajstić information content (AvgIpc) is 3.07. The van der Waals surface area contributed by atoms with Crippen LogP contribution in [0.2, 0.25) is 10.0 Å². The highest BCUT2D eigenvalue weighted by Gasteiger charge is 2.34. The lowest BCUT2D eigenvalue weighted by Crippen LogP contribution is -2.29. The predicted octanol–water partition coefficient (Wildman–Crippen LogP) is 4.59. The van der Waals surface area contributed by atoms with E-state index in [0.29, 0.717) is 10.6 Å². The lowest BCUT2D eigenvalue weighted by Gasteiger charge is -2.13. The van der Waals surface area contributed by atoms with E-state index >= 15 is 0 Å². The molecule has 0 bridgehead atoms. The molecule has 2 aromatic heterocycles. The summed E-state index contributed by atoms with van der Waals surface area (Å²) in [6.07, 6.45) is -4.69.